The maximum absolute atomic E-state index is 12.1. The van der Waals surface area contributed by atoms with Crippen LogP contribution in [0, 0.1) is 11.3 Å². The van der Waals surface area contributed by atoms with Gasteiger partial charge in [0.25, 0.3) is 0 Å². The first-order chi connectivity index (χ1) is 7.96. The highest BCUT2D eigenvalue weighted by Crippen LogP contribution is 2.18. The number of rotatable bonds is 4. The third kappa shape index (κ3) is 4.89. The topological polar surface area (TPSA) is 39.5 Å². The van der Waals surface area contributed by atoms with Crippen molar-refractivity contribution in [1.29, 1.82) is 5.26 Å². The van der Waals surface area contributed by atoms with E-state index >= 15 is 0 Å². The Morgan fingerprint density at radius 2 is 2.12 bits per heavy atom. The molecule has 7 heteroatoms. The number of hydrogen-bond acceptors (Lipinski definition) is 4. The van der Waals surface area contributed by atoms with Crippen LogP contribution >= 0.6 is 0 Å². The second-order valence-electron chi connectivity index (χ2n) is 3.90. The summed E-state index contributed by atoms with van der Waals surface area (Å²) in [5, 5.41) is 8.60. The van der Waals surface area contributed by atoms with E-state index in [1.54, 1.807) is 4.90 Å². The Bertz CT molecular complexity index is 277. The van der Waals surface area contributed by atoms with Crippen molar-refractivity contribution in [3.8, 4) is 6.07 Å². The van der Waals surface area contributed by atoms with Crippen LogP contribution in [0.15, 0.2) is 0 Å². The predicted molar refractivity (Wildman–Crippen MR) is 55.1 cm³/mol. The molecule has 0 aliphatic carbocycles. The zero-order chi connectivity index (χ0) is 12.9. The van der Waals surface area contributed by atoms with E-state index in [0.29, 0.717) is 13.1 Å². The summed E-state index contributed by atoms with van der Waals surface area (Å²) in [6.45, 7) is 3.27. The molecule has 0 aromatic carbocycles. The maximum atomic E-state index is 12.1. The summed E-state index contributed by atoms with van der Waals surface area (Å²) in [7, 11) is 0. The molecule has 1 aliphatic heterocycles. The van der Waals surface area contributed by atoms with Gasteiger partial charge in [0.15, 0.2) is 0 Å². The number of alkyl halides is 3. The number of nitrogens with zero attached hydrogens (tertiary/aromatic N) is 3. The minimum absolute atomic E-state index is 0.0973. The fourth-order valence-electron chi connectivity index (χ4n) is 1.75. The molecular formula is C10H16F3N3O. The number of ether oxygens (including phenoxy) is 1. The molecule has 0 aromatic rings. The van der Waals surface area contributed by atoms with Gasteiger partial charge in [-0.25, -0.2) is 0 Å². The van der Waals surface area contributed by atoms with Crippen LogP contribution in [0.2, 0.25) is 0 Å². The largest absolute Gasteiger partial charge is 0.411 e. The van der Waals surface area contributed by atoms with E-state index in [1.807, 2.05) is 17.9 Å². The highest BCUT2D eigenvalue weighted by molar-refractivity contribution is 4.83. The Hall–Kier alpha value is -0.840. The number of likely N-dealkylation sites (N-methyl/N-ethyl adjacent to an activating group) is 1. The van der Waals surface area contributed by atoms with Crippen LogP contribution in [0.4, 0.5) is 13.2 Å². The third-order valence-electron chi connectivity index (χ3n) is 2.69. The Morgan fingerprint density at radius 1 is 1.41 bits per heavy atom. The van der Waals surface area contributed by atoms with Crippen molar-refractivity contribution in [3.05, 3.63) is 0 Å². The van der Waals surface area contributed by atoms with Crippen LogP contribution in [0.3, 0.4) is 0 Å². The first-order valence-corrected chi connectivity index (χ1v) is 5.48. The lowest BCUT2D eigenvalue weighted by atomic mass is 10.3. The first-order valence-electron chi connectivity index (χ1n) is 5.48. The van der Waals surface area contributed by atoms with Crippen LogP contribution in [0.25, 0.3) is 0 Å². The number of piperazine rings is 1. The molecule has 1 heterocycles. The van der Waals surface area contributed by atoms with Crippen LogP contribution in [0.5, 0.6) is 0 Å². The smallest absolute Gasteiger partial charge is 0.352 e. The Kier molecular flexibility index (Phi) is 5.18. The fourth-order valence-corrected chi connectivity index (χ4v) is 1.75. The molecule has 1 saturated heterocycles. The zero-order valence-electron chi connectivity index (χ0n) is 9.70. The van der Waals surface area contributed by atoms with E-state index in [1.165, 1.54) is 0 Å². The van der Waals surface area contributed by atoms with Crippen molar-refractivity contribution in [2.45, 2.75) is 19.3 Å². The summed E-state index contributed by atoms with van der Waals surface area (Å²) >= 11 is 0. The highest BCUT2D eigenvalue weighted by atomic mass is 19.4. The summed E-state index contributed by atoms with van der Waals surface area (Å²) in [6.07, 6.45) is -4.97. The van der Waals surface area contributed by atoms with Crippen molar-refractivity contribution in [1.82, 2.24) is 9.80 Å². The summed E-state index contributed by atoms with van der Waals surface area (Å²) in [5.74, 6) is 0. The van der Waals surface area contributed by atoms with Gasteiger partial charge in [-0.1, -0.05) is 6.92 Å². The average Bonchev–Trinajstić information content (AvgIpc) is 2.27. The van der Waals surface area contributed by atoms with Crippen LogP contribution in [-0.4, -0.2) is 61.5 Å². The van der Waals surface area contributed by atoms with Crippen molar-refractivity contribution < 1.29 is 17.9 Å². The van der Waals surface area contributed by atoms with Gasteiger partial charge in [0.1, 0.15) is 12.8 Å². The molecule has 0 amide bonds. The molecule has 0 spiro atoms. The molecule has 98 valence electrons. The molecule has 1 atom stereocenters. The fraction of sp³-hybridized carbons (Fsp3) is 0.900. The summed E-state index contributed by atoms with van der Waals surface area (Å²) in [6, 6.07) is 1.94. The van der Waals surface area contributed by atoms with Crippen LogP contribution < -0.4 is 0 Å². The molecule has 0 N–H and O–H groups in total. The van der Waals surface area contributed by atoms with E-state index in [9.17, 15) is 13.2 Å². The van der Waals surface area contributed by atoms with E-state index < -0.39 is 19.0 Å². The van der Waals surface area contributed by atoms with Crippen LogP contribution in [-0.2, 0) is 4.74 Å². The van der Waals surface area contributed by atoms with Gasteiger partial charge >= 0.3 is 6.18 Å². The SMILES string of the molecule is CCN1CCN(CC#N)C(OCC(F)(F)F)C1. The van der Waals surface area contributed by atoms with Crippen molar-refractivity contribution >= 4 is 0 Å². The average molecular weight is 251 g/mol. The Morgan fingerprint density at radius 3 is 2.65 bits per heavy atom. The Balaban J connectivity index is 2.52. The van der Waals surface area contributed by atoms with Crippen molar-refractivity contribution in [3.63, 3.8) is 0 Å². The monoisotopic (exact) mass is 251 g/mol. The zero-order valence-corrected chi connectivity index (χ0v) is 9.70. The molecule has 0 radical (unpaired) electrons. The predicted octanol–water partition coefficient (Wildman–Crippen LogP) is 1.05. The molecular weight excluding hydrogens is 235 g/mol. The first kappa shape index (κ1) is 14.2. The lowest BCUT2D eigenvalue weighted by Crippen LogP contribution is -2.54. The summed E-state index contributed by atoms with van der Waals surface area (Å²) in [5.41, 5.74) is 0. The lowest BCUT2D eigenvalue weighted by molar-refractivity contribution is -0.210. The summed E-state index contributed by atoms with van der Waals surface area (Å²) < 4.78 is 41.1. The van der Waals surface area contributed by atoms with Crippen LogP contribution in [0.1, 0.15) is 6.92 Å². The number of hydrogen-bond donors (Lipinski definition) is 0. The minimum atomic E-state index is -4.33. The van der Waals surface area contributed by atoms with Gasteiger partial charge in [-0.05, 0) is 6.54 Å². The number of halogens is 3. The molecule has 1 unspecified atom stereocenters. The maximum Gasteiger partial charge on any atom is 0.411 e. The van der Waals surface area contributed by atoms with Gasteiger partial charge in [-0.15, -0.1) is 0 Å². The van der Waals surface area contributed by atoms with Crippen molar-refractivity contribution in [2.75, 3.05) is 39.3 Å². The normalized spacial score (nSPS) is 23.6. The second-order valence-corrected chi connectivity index (χ2v) is 3.90. The molecule has 1 aliphatic rings. The van der Waals surface area contributed by atoms with Crippen molar-refractivity contribution in [2.24, 2.45) is 0 Å². The van der Waals surface area contributed by atoms with Gasteiger partial charge in [-0.2, -0.15) is 18.4 Å². The van der Waals surface area contributed by atoms with Gasteiger partial charge in [-0.3, -0.25) is 9.80 Å². The molecule has 0 bridgehead atoms. The summed E-state index contributed by atoms with van der Waals surface area (Å²) in [4.78, 5) is 3.65. The standard InChI is InChI=1S/C10H16F3N3O/c1-2-15-5-6-16(4-3-14)9(7-15)17-8-10(11,12)13/h9H,2,4-8H2,1H3. The van der Waals surface area contributed by atoms with E-state index in [4.69, 9.17) is 10.00 Å². The van der Waals surface area contributed by atoms with Gasteiger partial charge in [0.2, 0.25) is 0 Å². The molecule has 1 rings (SSSR count). The van der Waals surface area contributed by atoms with Gasteiger partial charge < -0.3 is 4.74 Å². The number of nitriles is 1. The highest BCUT2D eigenvalue weighted by Gasteiger charge is 2.33. The second kappa shape index (κ2) is 6.19. The molecule has 0 aromatic heterocycles. The molecule has 17 heavy (non-hydrogen) atoms. The lowest BCUT2D eigenvalue weighted by Gasteiger charge is -2.39. The quantitative estimate of drug-likeness (QED) is 0.700. The van der Waals surface area contributed by atoms with E-state index in [-0.39, 0.29) is 6.54 Å². The minimum Gasteiger partial charge on any atom is -0.352 e. The van der Waals surface area contributed by atoms with E-state index in [0.717, 1.165) is 13.1 Å². The van der Waals surface area contributed by atoms with E-state index in [2.05, 4.69) is 0 Å². The molecule has 4 nitrogen and oxygen atoms in total. The van der Waals surface area contributed by atoms with Gasteiger partial charge in [0.05, 0.1) is 12.6 Å². The van der Waals surface area contributed by atoms with Gasteiger partial charge in [0, 0.05) is 19.6 Å². The third-order valence-corrected chi connectivity index (χ3v) is 2.69. The molecule has 0 saturated carbocycles. The Labute approximate surface area is 98.5 Å². The molecule has 1 fully saturated rings.